The summed E-state index contributed by atoms with van der Waals surface area (Å²) in [5.41, 5.74) is 2.76. The normalized spacial score (nSPS) is 10.9. The van der Waals surface area contributed by atoms with E-state index in [-0.39, 0.29) is 11.1 Å². The molecule has 4 aromatic rings. The Balaban J connectivity index is 1.89. The van der Waals surface area contributed by atoms with Crippen LogP contribution < -0.4 is 5.32 Å². The van der Waals surface area contributed by atoms with E-state index in [0.29, 0.717) is 5.82 Å². The van der Waals surface area contributed by atoms with E-state index in [1.165, 1.54) is 23.5 Å². The van der Waals surface area contributed by atoms with Crippen LogP contribution in [0.25, 0.3) is 21.3 Å². The molecule has 0 amide bonds. The minimum absolute atomic E-state index is 0.188. The van der Waals surface area contributed by atoms with Crippen molar-refractivity contribution in [1.82, 2.24) is 9.97 Å². The van der Waals surface area contributed by atoms with Crippen LogP contribution in [0.5, 0.6) is 0 Å². The Morgan fingerprint density at radius 1 is 0.958 bits per heavy atom. The van der Waals surface area contributed by atoms with Crippen molar-refractivity contribution in [3.05, 3.63) is 71.1 Å². The highest BCUT2D eigenvalue weighted by Crippen LogP contribution is 2.38. The average molecular weight is 356 g/mol. The van der Waals surface area contributed by atoms with Crippen molar-refractivity contribution in [3.63, 3.8) is 0 Å². The second-order valence-electron chi connectivity index (χ2n) is 5.17. The van der Waals surface area contributed by atoms with Crippen LogP contribution in [0.3, 0.4) is 0 Å². The number of hydrogen-bond donors (Lipinski definition) is 1. The summed E-state index contributed by atoms with van der Waals surface area (Å²) >= 11 is 7.54. The van der Waals surface area contributed by atoms with Crippen LogP contribution in [0.4, 0.5) is 15.9 Å². The molecule has 0 spiro atoms. The fourth-order valence-corrected chi connectivity index (χ4v) is 3.67. The van der Waals surface area contributed by atoms with Gasteiger partial charge < -0.3 is 5.32 Å². The number of halogens is 2. The van der Waals surface area contributed by atoms with Crippen LogP contribution in [0, 0.1) is 5.82 Å². The van der Waals surface area contributed by atoms with Crippen LogP contribution in [-0.2, 0) is 0 Å². The first-order valence-electron chi connectivity index (χ1n) is 7.23. The molecule has 0 atom stereocenters. The zero-order valence-corrected chi connectivity index (χ0v) is 13.9. The minimum atomic E-state index is -0.264. The maximum atomic E-state index is 13.2. The van der Waals surface area contributed by atoms with E-state index in [9.17, 15) is 4.39 Å². The highest BCUT2D eigenvalue weighted by atomic mass is 35.5. The van der Waals surface area contributed by atoms with Gasteiger partial charge >= 0.3 is 0 Å². The van der Waals surface area contributed by atoms with Crippen LogP contribution in [0.15, 0.2) is 60.0 Å². The lowest BCUT2D eigenvalue weighted by molar-refractivity contribution is 0.628. The molecule has 1 N–H and O–H groups in total. The van der Waals surface area contributed by atoms with Gasteiger partial charge in [-0.15, -0.1) is 11.3 Å². The Kier molecular flexibility index (Phi) is 3.88. The molecule has 0 unspecified atom stereocenters. The number of para-hydroxylation sites is 1. The fourth-order valence-electron chi connectivity index (χ4n) is 2.51. The minimum Gasteiger partial charge on any atom is -0.340 e. The lowest BCUT2D eigenvalue weighted by Crippen LogP contribution is -1.96. The molecular formula is C18H11ClFN3S. The Morgan fingerprint density at radius 3 is 2.46 bits per heavy atom. The van der Waals surface area contributed by atoms with Gasteiger partial charge in [-0.1, -0.05) is 30.3 Å². The van der Waals surface area contributed by atoms with E-state index in [1.54, 1.807) is 12.1 Å². The fraction of sp³-hybridized carbons (Fsp3) is 0. The maximum absolute atomic E-state index is 13.2. The first kappa shape index (κ1) is 15.1. The number of hydrogen-bond acceptors (Lipinski definition) is 4. The Labute approximate surface area is 146 Å². The summed E-state index contributed by atoms with van der Waals surface area (Å²) in [6.45, 7) is 0. The van der Waals surface area contributed by atoms with E-state index in [0.717, 1.165) is 27.0 Å². The van der Waals surface area contributed by atoms with Gasteiger partial charge in [0, 0.05) is 16.6 Å². The number of rotatable bonds is 3. The number of fused-ring (bicyclic) bond motifs is 1. The first-order chi connectivity index (χ1) is 11.7. The molecule has 0 fully saturated rings. The van der Waals surface area contributed by atoms with Gasteiger partial charge in [-0.2, -0.15) is 4.98 Å². The molecule has 0 saturated carbocycles. The van der Waals surface area contributed by atoms with Gasteiger partial charge in [0.15, 0.2) is 0 Å². The third kappa shape index (κ3) is 2.84. The molecular weight excluding hydrogens is 345 g/mol. The summed E-state index contributed by atoms with van der Waals surface area (Å²) in [5, 5.41) is 6.34. The molecule has 0 aliphatic heterocycles. The van der Waals surface area contributed by atoms with Gasteiger partial charge in [0.2, 0.25) is 5.28 Å². The third-order valence-electron chi connectivity index (χ3n) is 3.60. The van der Waals surface area contributed by atoms with Gasteiger partial charge in [-0.05, 0) is 41.4 Å². The standard InChI is InChI=1S/C18H11ClFN3S/c19-18-22-16(21-13-4-2-1-3-5-13)15-14(10-24-17(15)23-18)11-6-8-12(20)9-7-11/h1-10H,(H,21,22,23). The molecule has 24 heavy (non-hydrogen) atoms. The van der Waals surface area contributed by atoms with E-state index >= 15 is 0 Å². The monoisotopic (exact) mass is 355 g/mol. The van der Waals surface area contributed by atoms with Crippen molar-refractivity contribution in [1.29, 1.82) is 0 Å². The summed E-state index contributed by atoms with van der Waals surface area (Å²) in [4.78, 5) is 9.43. The van der Waals surface area contributed by atoms with Crippen molar-refractivity contribution in [2.75, 3.05) is 5.32 Å². The third-order valence-corrected chi connectivity index (χ3v) is 4.64. The maximum Gasteiger partial charge on any atom is 0.225 e. The number of benzene rings is 2. The Bertz CT molecular complexity index is 1000. The van der Waals surface area contributed by atoms with Crippen molar-refractivity contribution in [2.24, 2.45) is 0 Å². The zero-order valence-electron chi connectivity index (χ0n) is 12.3. The highest BCUT2D eigenvalue weighted by molar-refractivity contribution is 7.17. The van der Waals surface area contributed by atoms with Crippen molar-refractivity contribution >= 4 is 44.7 Å². The average Bonchev–Trinajstić information content (AvgIpc) is 3.00. The van der Waals surface area contributed by atoms with Crippen LogP contribution in [0.2, 0.25) is 5.28 Å². The molecule has 118 valence electrons. The van der Waals surface area contributed by atoms with Crippen molar-refractivity contribution < 1.29 is 4.39 Å². The predicted octanol–water partition coefficient (Wildman–Crippen LogP) is 5.89. The lowest BCUT2D eigenvalue weighted by atomic mass is 10.1. The second kappa shape index (κ2) is 6.19. The first-order valence-corrected chi connectivity index (χ1v) is 8.49. The Hall–Kier alpha value is -2.50. The van der Waals surface area contributed by atoms with Gasteiger partial charge in [0.25, 0.3) is 0 Å². The van der Waals surface area contributed by atoms with E-state index in [1.807, 2.05) is 35.7 Å². The molecule has 0 saturated heterocycles. The predicted molar refractivity (Wildman–Crippen MR) is 97.5 cm³/mol. The summed E-state index contributed by atoms with van der Waals surface area (Å²) < 4.78 is 13.2. The number of aromatic nitrogens is 2. The molecule has 2 aromatic heterocycles. The summed E-state index contributed by atoms with van der Waals surface area (Å²) in [5.74, 6) is 0.372. The molecule has 6 heteroatoms. The molecule has 0 aliphatic rings. The van der Waals surface area contributed by atoms with E-state index in [2.05, 4.69) is 15.3 Å². The highest BCUT2D eigenvalue weighted by Gasteiger charge is 2.15. The molecule has 0 aliphatic carbocycles. The topological polar surface area (TPSA) is 37.8 Å². The molecule has 2 heterocycles. The van der Waals surface area contributed by atoms with Gasteiger partial charge in [-0.3, -0.25) is 0 Å². The second-order valence-corrected chi connectivity index (χ2v) is 6.36. The van der Waals surface area contributed by atoms with E-state index in [4.69, 9.17) is 11.6 Å². The number of nitrogens with zero attached hydrogens (tertiary/aromatic N) is 2. The number of nitrogens with one attached hydrogen (secondary N) is 1. The SMILES string of the molecule is Fc1ccc(-c2csc3nc(Cl)nc(Nc4ccccc4)c23)cc1. The van der Waals surface area contributed by atoms with Gasteiger partial charge in [-0.25, -0.2) is 9.37 Å². The van der Waals surface area contributed by atoms with Crippen LogP contribution >= 0.6 is 22.9 Å². The smallest absolute Gasteiger partial charge is 0.225 e. The molecule has 0 bridgehead atoms. The Morgan fingerprint density at radius 2 is 1.71 bits per heavy atom. The number of thiophene rings is 1. The van der Waals surface area contributed by atoms with Crippen molar-refractivity contribution in [3.8, 4) is 11.1 Å². The molecule has 2 aromatic carbocycles. The quantitative estimate of drug-likeness (QED) is 0.465. The molecule has 4 rings (SSSR count). The molecule has 3 nitrogen and oxygen atoms in total. The lowest BCUT2D eigenvalue weighted by Gasteiger charge is -2.09. The van der Waals surface area contributed by atoms with Gasteiger partial charge in [0.05, 0.1) is 5.39 Å². The zero-order chi connectivity index (χ0) is 16.5. The summed E-state index contributed by atoms with van der Waals surface area (Å²) in [6, 6.07) is 16.1. The van der Waals surface area contributed by atoms with Crippen molar-refractivity contribution in [2.45, 2.75) is 0 Å². The largest absolute Gasteiger partial charge is 0.340 e. The van der Waals surface area contributed by atoms with E-state index < -0.39 is 0 Å². The molecule has 0 radical (unpaired) electrons. The summed E-state index contributed by atoms with van der Waals surface area (Å²) in [6.07, 6.45) is 0. The van der Waals surface area contributed by atoms with Crippen LogP contribution in [0.1, 0.15) is 0 Å². The van der Waals surface area contributed by atoms with Gasteiger partial charge in [0.1, 0.15) is 16.5 Å². The summed E-state index contributed by atoms with van der Waals surface area (Å²) in [7, 11) is 0. The van der Waals surface area contributed by atoms with Crippen LogP contribution in [-0.4, -0.2) is 9.97 Å². The number of anilines is 2.